The molecule has 1 aliphatic heterocycles. The zero-order chi connectivity index (χ0) is 27.9. The van der Waals surface area contributed by atoms with Crippen LogP contribution in [0, 0.1) is 5.82 Å². The predicted molar refractivity (Wildman–Crippen MR) is 144 cm³/mol. The Bertz CT molecular complexity index is 1340. The van der Waals surface area contributed by atoms with Crippen molar-refractivity contribution < 1.29 is 33.4 Å². The zero-order valence-corrected chi connectivity index (χ0v) is 21.9. The third-order valence-corrected chi connectivity index (χ3v) is 7.22. The smallest absolute Gasteiger partial charge is 0.409 e. The first-order valence-electron chi connectivity index (χ1n) is 12.1. The predicted octanol–water partition coefficient (Wildman–Crippen LogP) is 3.97. The Hall–Kier alpha value is -4.45. The SMILES string of the molecule is COC(=O)N1CCN(c2ccc(C(=O)NC(CC(=O)O)c3cccs3)cc2NC(=O)c2ccc(F)cc2)CC1. The van der Waals surface area contributed by atoms with E-state index in [-0.39, 0.29) is 17.5 Å². The number of carboxylic acid groups (broad SMARTS) is 1. The van der Waals surface area contributed by atoms with Gasteiger partial charge in [-0.25, -0.2) is 9.18 Å². The largest absolute Gasteiger partial charge is 0.481 e. The molecule has 2 heterocycles. The van der Waals surface area contributed by atoms with E-state index >= 15 is 0 Å². The van der Waals surface area contributed by atoms with Crippen LogP contribution in [-0.2, 0) is 9.53 Å². The fourth-order valence-corrected chi connectivity index (χ4v) is 5.01. The first-order chi connectivity index (χ1) is 18.7. The summed E-state index contributed by atoms with van der Waals surface area (Å²) in [5, 5.41) is 16.7. The number of benzene rings is 2. The lowest BCUT2D eigenvalue weighted by atomic mass is 10.1. The average molecular weight is 555 g/mol. The third kappa shape index (κ3) is 6.90. The minimum atomic E-state index is -1.05. The van der Waals surface area contributed by atoms with Crippen LogP contribution in [0.1, 0.15) is 38.1 Å². The van der Waals surface area contributed by atoms with Crippen molar-refractivity contribution in [1.29, 1.82) is 0 Å². The summed E-state index contributed by atoms with van der Waals surface area (Å²) in [5.74, 6) is -2.53. The molecule has 4 rings (SSSR count). The van der Waals surface area contributed by atoms with Crippen LogP contribution < -0.4 is 15.5 Å². The quantitative estimate of drug-likeness (QED) is 0.384. The number of nitrogens with one attached hydrogen (secondary N) is 2. The van der Waals surface area contributed by atoms with Gasteiger partial charge < -0.3 is 30.3 Å². The van der Waals surface area contributed by atoms with Gasteiger partial charge in [-0.2, -0.15) is 0 Å². The van der Waals surface area contributed by atoms with Crippen LogP contribution in [0.2, 0.25) is 0 Å². The van der Waals surface area contributed by atoms with Gasteiger partial charge in [-0.3, -0.25) is 14.4 Å². The number of aliphatic carboxylic acids is 1. The molecule has 3 amide bonds. The number of rotatable bonds is 8. The Morgan fingerprint density at radius 1 is 1.00 bits per heavy atom. The van der Waals surface area contributed by atoms with Gasteiger partial charge >= 0.3 is 12.1 Å². The van der Waals surface area contributed by atoms with E-state index in [4.69, 9.17) is 4.74 Å². The normalized spacial score (nSPS) is 13.9. The first kappa shape index (κ1) is 27.6. The molecule has 1 atom stereocenters. The minimum Gasteiger partial charge on any atom is -0.481 e. The van der Waals surface area contributed by atoms with Crippen LogP contribution in [0.25, 0.3) is 0 Å². The Morgan fingerprint density at radius 3 is 2.31 bits per heavy atom. The molecule has 1 aromatic heterocycles. The van der Waals surface area contributed by atoms with E-state index in [0.717, 1.165) is 0 Å². The number of ether oxygens (including phenoxy) is 1. The van der Waals surface area contributed by atoms with Gasteiger partial charge in [0.05, 0.1) is 30.9 Å². The second-order valence-corrected chi connectivity index (χ2v) is 9.76. The molecule has 1 unspecified atom stereocenters. The van der Waals surface area contributed by atoms with Crippen LogP contribution >= 0.6 is 11.3 Å². The molecule has 0 spiro atoms. The number of methoxy groups -OCH3 is 1. The summed E-state index contributed by atoms with van der Waals surface area (Å²) in [6, 6.07) is 12.7. The van der Waals surface area contributed by atoms with Crippen LogP contribution in [0.3, 0.4) is 0 Å². The molecule has 0 bridgehead atoms. The highest BCUT2D eigenvalue weighted by Crippen LogP contribution is 2.30. The van der Waals surface area contributed by atoms with Crippen molar-refractivity contribution in [3.63, 3.8) is 0 Å². The molecule has 10 nitrogen and oxygen atoms in total. The number of amides is 3. The van der Waals surface area contributed by atoms with Gasteiger partial charge in [-0.1, -0.05) is 6.07 Å². The van der Waals surface area contributed by atoms with Gasteiger partial charge in [0.1, 0.15) is 5.82 Å². The lowest BCUT2D eigenvalue weighted by molar-refractivity contribution is -0.137. The Kier molecular flexibility index (Phi) is 8.77. The van der Waals surface area contributed by atoms with Crippen molar-refractivity contribution in [1.82, 2.24) is 10.2 Å². The van der Waals surface area contributed by atoms with E-state index < -0.39 is 35.7 Å². The number of carbonyl (C=O) groups excluding carboxylic acids is 3. The van der Waals surface area contributed by atoms with Crippen molar-refractivity contribution in [2.75, 3.05) is 43.5 Å². The van der Waals surface area contributed by atoms with Crippen LogP contribution in [0.15, 0.2) is 60.0 Å². The Balaban J connectivity index is 1.60. The maximum absolute atomic E-state index is 13.4. The number of thiophene rings is 1. The van der Waals surface area contributed by atoms with E-state index in [2.05, 4.69) is 10.6 Å². The Labute approximate surface area is 228 Å². The zero-order valence-electron chi connectivity index (χ0n) is 21.1. The second kappa shape index (κ2) is 12.4. The van der Waals surface area contributed by atoms with Gasteiger partial charge in [0.15, 0.2) is 0 Å². The highest BCUT2D eigenvalue weighted by Gasteiger charge is 2.25. The molecule has 0 saturated carbocycles. The fraction of sp³-hybridized carbons (Fsp3) is 0.259. The monoisotopic (exact) mass is 554 g/mol. The molecule has 1 fully saturated rings. The lowest BCUT2D eigenvalue weighted by Gasteiger charge is -2.36. The maximum atomic E-state index is 13.4. The molecule has 204 valence electrons. The molecule has 12 heteroatoms. The van der Waals surface area contributed by atoms with Crippen LogP contribution in [-0.4, -0.2) is 67.2 Å². The van der Waals surface area contributed by atoms with Crippen molar-refractivity contribution in [2.45, 2.75) is 12.5 Å². The number of nitrogens with zero attached hydrogens (tertiary/aromatic N) is 2. The topological polar surface area (TPSA) is 128 Å². The van der Waals surface area contributed by atoms with Crippen LogP contribution in [0.4, 0.5) is 20.6 Å². The third-order valence-electron chi connectivity index (χ3n) is 6.24. The molecule has 39 heavy (non-hydrogen) atoms. The van der Waals surface area contributed by atoms with E-state index in [0.29, 0.717) is 42.4 Å². The molecular weight excluding hydrogens is 527 g/mol. The van der Waals surface area contributed by atoms with E-state index in [1.165, 1.54) is 48.8 Å². The fourth-order valence-electron chi connectivity index (χ4n) is 4.24. The summed E-state index contributed by atoms with van der Waals surface area (Å²) in [6.07, 6.45) is -0.712. The van der Waals surface area contributed by atoms with E-state index in [9.17, 15) is 28.7 Å². The van der Waals surface area contributed by atoms with Gasteiger partial charge in [0.25, 0.3) is 11.8 Å². The highest BCUT2D eigenvalue weighted by molar-refractivity contribution is 7.10. The number of anilines is 2. The molecule has 2 aromatic carbocycles. The first-order valence-corrected chi connectivity index (χ1v) is 13.0. The number of hydrogen-bond donors (Lipinski definition) is 3. The Morgan fingerprint density at radius 2 is 1.69 bits per heavy atom. The van der Waals surface area contributed by atoms with Crippen LogP contribution in [0.5, 0.6) is 0 Å². The van der Waals surface area contributed by atoms with Gasteiger partial charge in [0.2, 0.25) is 0 Å². The summed E-state index contributed by atoms with van der Waals surface area (Å²) in [4.78, 5) is 53.7. The number of halogens is 1. The maximum Gasteiger partial charge on any atom is 0.409 e. The number of hydrogen-bond acceptors (Lipinski definition) is 7. The van der Waals surface area contributed by atoms with Crippen molar-refractivity contribution in [3.05, 3.63) is 81.8 Å². The second-order valence-electron chi connectivity index (χ2n) is 8.78. The summed E-state index contributed by atoms with van der Waals surface area (Å²) < 4.78 is 18.2. The number of piperazine rings is 1. The number of carboxylic acids is 1. The molecule has 3 aromatic rings. The number of carbonyl (C=O) groups is 4. The molecule has 0 aliphatic carbocycles. The minimum absolute atomic E-state index is 0.216. The summed E-state index contributed by atoms with van der Waals surface area (Å²) in [6.45, 7) is 1.72. The standard InChI is InChI=1S/C27H27FN4O6S/c1-38-27(37)32-12-10-31(11-13-32)22-9-6-18(15-20(22)29-25(35)17-4-7-19(28)8-5-17)26(36)30-21(16-24(33)34)23-3-2-14-39-23/h2-9,14-15,21H,10-13,16H2,1H3,(H,29,35)(H,30,36)(H,33,34). The molecule has 1 saturated heterocycles. The summed E-state index contributed by atoms with van der Waals surface area (Å²) in [7, 11) is 1.32. The molecule has 0 radical (unpaired) electrons. The van der Waals surface area contributed by atoms with Gasteiger partial charge in [-0.05, 0) is 53.9 Å². The highest BCUT2D eigenvalue weighted by atomic mass is 32.1. The lowest BCUT2D eigenvalue weighted by Crippen LogP contribution is -2.49. The summed E-state index contributed by atoms with van der Waals surface area (Å²) >= 11 is 1.34. The molecule has 1 aliphatic rings. The van der Waals surface area contributed by atoms with Gasteiger partial charge in [-0.15, -0.1) is 11.3 Å². The van der Waals surface area contributed by atoms with Crippen molar-refractivity contribution in [3.8, 4) is 0 Å². The van der Waals surface area contributed by atoms with E-state index in [1.54, 1.807) is 34.5 Å². The van der Waals surface area contributed by atoms with E-state index in [1.807, 2.05) is 4.90 Å². The van der Waals surface area contributed by atoms with Crippen molar-refractivity contribution in [2.24, 2.45) is 0 Å². The summed E-state index contributed by atoms with van der Waals surface area (Å²) in [5.41, 5.74) is 1.42. The average Bonchev–Trinajstić information content (AvgIpc) is 3.47. The molecule has 3 N–H and O–H groups in total. The van der Waals surface area contributed by atoms with Gasteiger partial charge in [0, 0.05) is 42.2 Å². The molecular formula is C27H27FN4O6S. The van der Waals surface area contributed by atoms with Crippen molar-refractivity contribution >= 4 is 46.6 Å².